The SMILES string of the molecule is OCCC1OC1c1cccc2ccccc12. The van der Waals surface area contributed by atoms with Crippen LogP contribution in [0.5, 0.6) is 0 Å². The summed E-state index contributed by atoms with van der Waals surface area (Å²) in [5.74, 6) is 0. The summed E-state index contributed by atoms with van der Waals surface area (Å²) < 4.78 is 5.59. The molecule has 0 aliphatic carbocycles. The van der Waals surface area contributed by atoms with Gasteiger partial charge in [0.1, 0.15) is 6.10 Å². The second-order valence-electron chi connectivity index (χ2n) is 4.18. The molecule has 1 fully saturated rings. The molecule has 0 aromatic heterocycles. The van der Waals surface area contributed by atoms with Crippen molar-refractivity contribution in [2.45, 2.75) is 18.6 Å². The van der Waals surface area contributed by atoms with Gasteiger partial charge in [-0.15, -0.1) is 0 Å². The van der Waals surface area contributed by atoms with Crippen LogP contribution >= 0.6 is 0 Å². The number of rotatable bonds is 3. The molecule has 1 aliphatic rings. The lowest BCUT2D eigenvalue weighted by Gasteiger charge is -2.03. The molecule has 1 aliphatic heterocycles. The molecule has 2 atom stereocenters. The van der Waals surface area contributed by atoms with E-state index in [2.05, 4.69) is 36.4 Å². The number of fused-ring (bicyclic) bond motifs is 1. The molecule has 2 nitrogen and oxygen atoms in total. The molecule has 0 amide bonds. The van der Waals surface area contributed by atoms with E-state index in [1.807, 2.05) is 6.07 Å². The van der Waals surface area contributed by atoms with E-state index in [9.17, 15) is 0 Å². The lowest BCUT2D eigenvalue weighted by atomic mass is 10.0. The Morgan fingerprint density at radius 2 is 1.88 bits per heavy atom. The molecule has 1 saturated heterocycles. The Labute approximate surface area is 94.5 Å². The predicted molar refractivity (Wildman–Crippen MR) is 63.3 cm³/mol. The first-order valence-corrected chi connectivity index (χ1v) is 5.64. The topological polar surface area (TPSA) is 32.8 Å². The molecule has 16 heavy (non-hydrogen) atoms. The third-order valence-corrected chi connectivity index (χ3v) is 3.13. The van der Waals surface area contributed by atoms with Crippen molar-refractivity contribution in [3.63, 3.8) is 0 Å². The van der Waals surface area contributed by atoms with E-state index in [0.717, 1.165) is 6.42 Å². The van der Waals surface area contributed by atoms with Crippen LogP contribution in [0.1, 0.15) is 18.1 Å². The van der Waals surface area contributed by atoms with Crippen LogP contribution in [0.15, 0.2) is 42.5 Å². The molecule has 2 heteroatoms. The van der Waals surface area contributed by atoms with Gasteiger partial charge in [-0.1, -0.05) is 42.5 Å². The second-order valence-corrected chi connectivity index (χ2v) is 4.18. The first kappa shape index (κ1) is 9.82. The maximum Gasteiger partial charge on any atom is 0.110 e. The van der Waals surface area contributed by atoms with Crippen molar-refractivity contribution >= 4 is 10.8 Å². The van der Waals surface area contributed by atoms with Crippen LogP contribution in [0.3, 0.4) is 0 Å². The second kappa shape index (κ2) is 3.89. The number of ether oxygens (including phenoxy) is 1. The first-order chi connectivity index (χ1) is 7.90. The van der Waals surface area contributed by atoms with E-state index < -0.39 is 0 Å². The van der Waals surface area contributed by atoms with Gasteiger partial charge in [0, 0.05) is 6.61 Å². The fraction of sp³-hybridized carbons (Fsp3) is 0.286. The van der Waals surface area contributed by atoms with Crippen molar-refractivity contribution in [3.05, 3.63) is 48.0 Å². The minimum atomic E-state index is 0.179. The number of epoxide rings is 1. The Kier molecular flexibility index (Phi) is 2.39. The molecule has 0 bridgehead atoms. The van der Waals surface area contributed by atoms with Crippen LogP contribution in [-0.2, 0) is 4.74 Å². The Bertz CT molecular complexity index is 502. The third-order valence-electron chi connectivity index (χ3n) is 3.13. The van der Waals surface area contributed by atoms with Crippen LogP contribution in [0, 0.1) is 0 Å². The summed E-state index contributed by atoms with van der Waals surface area (Å²) in [4.78, 5) is 0. The van der Waals surface area contributed by atoms with Gasteiger partial charge in [0.15, 0.2) is 0 Å². The highest BCUT2D eigenvalue weighted by molar-refractivity contribution is 5.86. The van der Waals surface area contributed by atoms with Crippen molar-refractivity contribution in [2.75, 3.05) is 6.61 Å². The average Bonchev–Trinajstić information content (AvgIpc) is 3.08. The van der Waals surface area contributed by atoms with E-state index in [0.29, 0.717) is 0 Å². The highest BCUT2D eigenvalue weighted by Gasteiger charge is 2.40. The molecule has 3 rings (SSSR count). The number of aliphatic hydroxyl groups excluding tert-OH is 1. The molecule has 0 radical (unpaired) electrons. The van der Waals surface area contributed by atoms with Crippen LogP contribution in [0.4, 0.5) is 0 Å². The molecule has 0 saturated carbocycles. The van der Waals surface area contributed by atoms with Gasteiger partial charge in [0.05, 0.1) is 6.10 Å². The number of benzene rings is 2. The summed E-state index contributed by atoms with van der Waals surface area (Å²) in [5, 5.41) is 11.4. The zero-order valence-electron chi connectivity index (χ0n) is 8.97. The van der Waals surface area contributed by atoms with E-state index >= 15 is 0 Å². The lowest BCUT2D eigenvalue weighted by Crippen LogP contribution is -1.93. The molecular formula is C14H14O2. The summed E-state index contributed by atoms with van der Waals surface area (Å²) in [6, 6.07) is 14.6. The quantitative estimate of drug-likeness (QED) is 0.797. The lowest BCUT2D eigenvalue weighted by molar-refractivity contribution is 0.262. The molecule has 2 unspecified atom stereocenters. The minimum absolute atomic E-state index is 0.179. The summed E-state index contributed by atoms with van der Waals surface area (Å²) in [7, 11) is 0. The van der Waals surface area contributed by atoms with Crippen molar-refractivity contribution < 1.29 is 9.84 Å². The van der Waals surface area contributed by atoms with Crippen molar-refractivity contribution in [1.82, 2.24) is 0 Å². The zero-order valence-corrected chi connectivity index (χ0v) is 8.97. The normalized spacial score (nSPS) is 23.6. The predicted octanol–water partition coefficient (Wildman–Crippen LogP) is 2.66. The summed E-state index contributed by atoms with van der Waals surface area (Å²) in [5.41, 5.74) is 1.25. The maximum atomic E-state index is 8.87. The Morgan fingerprint density at radius 1 is 1.06 bits per heavy atom. The largest absolute Gasteiger partial charge is 0.396 e. The molecule has 0 spiro atoms. The third kappa shape index (κ3) is 1.60. The molecule has 2 aromatic carbocycles. The number of aliphatic hydroxyl groups is 1. The highest BCUT2D eigenvalue weighted by atomic mass is 16.6. The van der Waals surface area contributed by atoms with E-state index in [4.69, 9.17) is 9.84 Å². The minimum Gasteiger partial charge on any atom is -0.396 e. The van der Waals surface area contributed by atoms with Gasteiger partial charge in [0.2, 0.25) is 0 Å². The van der Waals surface area contributed by atoms with Crippen molar-refractivity contribution in [1.29, 1.82) is 0 Å². The summed E-state index contributed by atoms with van der Waals surface area (Å²) in [6.45, 7) is 0.200. The van der Waals surface area contributed by atoms with E-state index in [-0.39, 0.29) is 18.8 Å². The molecule has 1 heterocycles. The van der Waals surface area contributed by atoms with Gasteiger partial charge in [-0.2, -0.15) is 0 Å². The fourth-order valence-electron chi connectivity index (χ4n) is 2.26. The number of hydrogen-bond acceptors (Lipinski definition) is 2. The summed E-state index contributed by atoms with van der Waals surface area (Å²) >= 11 is 0. The van der Waals surface area contributed by atoms with Gasteiger partial charge >= 0.3 is 0 Å². The Morgan fingerprint density at radius 3 is 2.75 bits per heavy atom. The highest BCUT2D eigenvalue weighted by Crippen LogP contribution is 2.43. The van der Waals surface area contributed by atoms with Gasteiger partial charge in [-0.25, -0.2) is 0 Å². The van der Waals surface area contributed by atoms with Crippen LogP contribution in [0.2, 0.25) is 0 Å². The standard InChI is InChI=1S/C14H14O2/c15-9-8-13-14(16-13)12-7-3-5-10-4-1-2-6-11(10)12/h1-7,13-15H,8-9H2. The smallest absolute Gasteiger partial charge is 0.110 e. The van der Waals surface area contributed by atoms with Gasteiger partial charge in [-0.05, 0) is 22.8 Å². The fourth-order valence-corrected chi connectivity index (χ4v) is 2.26. The molecular weight excluding hydrogens is 200 g/mol. The Balaban J connectivity index is 1.99. The van der Waals surface area contributed by atoms with Crippen molar-refractivity contribution in [2.24, 2.45) is 0 Å². The Hall–Kier alpha value is -1.38. The van der Waals surface area contributed by atoms with Crippen LogP contribution < -0.4 is 0 Å². The van der Waals surface area contributed by atoms with Crippen LogP contribution in [0.25, 0.3) is 10.8 Å². The number of hydrogen-bond donors (Lipinski definition) is 1. The monoisotopic (exact) mass is 214 g/mol. The summed E-state index contributed by atoms with van der Waals surface area (Å²) in [6.07, 6.45) is 1.11. The first-order valence-electron chi connectivity index (χ1n) is 5.64. The average molecular weight is 214 g/mol. The molecule has 1 N–H and O–H groups in total. The van der Waals surface area contributed by atoms with Gasteiger partial charge in [-0.3, -0.25) is 0 Å². The maximum absolute atomic E-state index is 8.87. The van der Waals surface area contributed by atoms with Gasteiger partial charge in [0.25, 0.3) is 0 Å². The van der Waals surface area contributed by atoms with Gasteiger partial charge < -0.3 is 9.84 Å². The van der Waals surface area contributed by atoms with E-state index in [1.165, 1.54) is 16.3 Å². The van der Waals surface area contributed by atoms with Crippen LogP contribution in [-0.4, -0.2) is 17.8 Å². The van der Waals surface area contributed by atoms with E-state index in [1.54, 1.807) is 0 Å². The molecule has 2 aromatic rings. The zero-order chi connectivity index (χ0) is 11.0. The molecule has 82 valence electrons. The van der Waals surface area contributed by atoms with Crippen molar-refractivity contribution in [3.8, 4) is 0 Å².